The topological polar surface area (TPSA) is 82.6 Å². The van der Waals surface area contributed by atoms with Crippen molar-refractivity contribution in [2.45, 2.75) is 50.1 Å². The van der Waals surface area contributed by atoms with Crippen LogP contribution >= 0.6 is 0 Å². The quantitative estimate of drug-likeness (QED) is 0.765. The van der Waals surface area contributed by atoms with Crippen LogP contribution in [0.3, 0.4) is 0 Å². The Balaban J connectivity index is 1.37. The van der Waals surface area contributed by atoms with Gasteiger partial charge in [-0.1, -0.05) is 36.2 Å². The number of anilines is 1. The van der Waals surface area contributed by atoms with Crippen molar-refractivity contribution in [3.8, 4) is 0 Å². The van der Waals surface area contributed by atoms with Gasteiger partial charge in [0.1, 0.15) is 16.8 Å². The largest absolute Gasteiger partial charge is 0.358 e. The van der Waals surface area contributed by atoms with Crippen LogP contribution in [0.5, 0.6) is 0 Å². The zero-order valence-electron chi connectivity index (χ0n) is 17.3. The molecular weight excluding hydrogens is 400 g/mol. The van der Waals surface area contributed by atoms with Crippen molar-refractivity contribution in [3.05, 3.63) is 53.7 Å². The van der Waals surface area contributed by atoms with E-state index >= 15 is 0 Å². The Labute approximate surface area is 178 Å². The minimum Gasteiger partial charge on any atom is -0.358 e. The third-order valence-corrected chi connectivity index (χ3v) is 7.68. The Morgan fingerprint density at radius 2 is 1.77 bits per heavy atom. The maximum atomic E-state index is 12.7. The van der Waals surface area contributed by atoms with Gasteiger partial charge in [0.2, 0.25) is 15.9 Å². The summed E-state index contributed by atoms with van der Waals surface area (Å²) in [6.07, 6.45) is 4.95. The molecule has 0 radical (unpaired) electrons. The number of rotatable bonds is 6. The van der Waals surface area contributed by atoms with Crippen molar-refractivity contribution < 1.29 is 13.2 Å². The van der Waals surface area contributed by atoms with E-state index in [4.69, 9.17) is 0 Å². The van der Waals surface area contributed by atoms with E-state index < -0.39 is 10.0 Å². The van der Waals surface area contributed by atoms with E-state index in [1.165, 1.54) is 16.1 Å². The summed E-state index contributed by atoms with van der Waals surface area (Å²) in [5, 5.41) is 3.16. The number of aryl methyl sites for hydroxylation is 1. The standard InChI is InChI=1S/C22H28N4O3S/c1-17-5-7-18(8-6-17)16-25-14-11-20(22(25)27)24-21-10-9-19(15-23-21)30(28,29)26-12-3-2-4-13-26/h5-10,15,20H,2-4,11-14,16H2,1H3,(H,23,24). The minimum absolute atomic E-state index is 0.0439. The second kappa shape index (κ2) is 8.73. The van der Waals surface area contributed by atoms with E-state index in [0.29, 0.717) is 38.4 Å². The van der Waals surface area contributed by atoms with E-state index in [1.54, 1.807) is 12.1 Å². The average molecular weight is 429 g/mol. The molecule has 1 aromatic heterocycles. The molecule has 2 aliphatic rings. The van der Waals surface area contributed by atoms with Gasteiger partial charge in [-0.15, -0.1) is 0 Å². The summed E-state index contributed by atoms with van der Waals surface area (Å²) < 4.78 is 27.0. The molecule has 2 aliphatic heterocycles. The predicted octanol–water partition coefficient (Wildman–Crippen LogP) is 2.78. The molecule has 30 heavy (non-hydrogen) atoms. The first-order valence-electron chi connectivity index (χ1n) is 10.5. The molecule has 160 valence electrons. The highest BCUT2D eigenvalue weighted by Crippen LogP contribution is 2.22. The number of amides is 1. The number of benzene rings is 1. The lowest BCUT2D eigenvalue weighted by Gasteiger charge is -2.25. The molecular formula is C22H28N4O3S. The number of aromatic nitrogens is 1. The number of nitrogens with one attached hydrogen (secondary N) is 1. The first kappa shape index (κ1) is 20.8. The van der Waals surface area contributed by atoms with Crippen molar-refractivity contribution in [1.82, 2.24) is 14.2 Å². The SMILES string of the molecule is Cc1ccc(CN2CCC(Nc3ccc(S(=O)(=O)N4CCCCC4)cn3)C2=O)cc1. The van der Waals surface area contributed by atoms with Crippen LogP contribution < -0.4 is 5.32 Å². The molecule has 3 heterocycles. The second-order valence-electron chi connectivity index (χ2n) is 8.07. The number of likely N-dealkylation sites (tertiary alicyclic amines) is 1. The van der Waals surface area contributed by atoms with E-state index in [1.807, 2.05) is 24.0 Å². The average Bonchev–Trinajstić information content (AvgIpc) is 3.10. The summed E-state index contributed by atoms with van der Waals surface area (Å²) >= 11 is 0. The Morgan fingerprint density at radius 3 is 2.43 bits per heavy atom. The lowest BCUT2D eigenvalue weighted by Crippen LogP contribution is -2.35. The monoisotopic (exact) mass is 428 g/mol. The fraction of sp³-hybridized carbons (Fsp3) is 0.455. The van der Waals surface area contributed by atoms with Gasteiger partial charge in [0, 0.05) is 32.4 Å². The molecule has 1 atom stereocenters. The Hall–Kier alpha value is -2.45. The number of carbonyl (C=O) groups is 1. The van der Waals surface area contributed by atoms with E-state index in [2.05, 4.69) is 22.4 Å². The van der Waals surface area contributed by atoms with Crippen molar-refractivity contribution in [2.75, 3.05) is 25.0 Å². The van der Waals surface area contributed by atoms with Gasteiger partial charge in [0.25, 0.3) is 0 Å². The van der Waals surface area contributed by atoms with Crippen LogP contribution in [0.15, 0.2) is 47.5 Å². The summed E-state index contributed by atoms with van der Waals surface area (Å²) in [6.45, 7) is 4.45. The third-order valence-electron chi connectivity index (χ3n) is 5.80. The van der Waals surface area contributed by atoms with Crippen molar-refractivity contribution in [3.63, 3.8) is 0 Å². The van der Waals surface area contributed by atoms with Crippen LogP contribution in [0.1, 0.15) is 36.8 Å². The van der Waals surface area contributed by atoms with E-state index in [0.717, 1.165) is 24.8 Å². The van der Waals surface area contributed by atoms with Gasteiger partial charge in [-0.25, -0.2) is 13.4 Å². The lowest BCUT2D eigenvalue weighted by atomic mass is 10.1. The summed E-state index contributed by atoms with van der Waals surface area (Å²) in [5.74, 6) is 0.561. The number of sulfonamides is 1. The number of hydrogen-bond acceptors (Lipinski definition) is 5. The highest BCUT2D eigenvalue weighted by molar-refractivity contribution is 7.89. The van der Waals surface area contributed by atoms with E-state index in [9.17, 15) is 13.2 Å². The molecule has 0 spiro atoms. The molecule has 1 amide bonds. The first-order valence-corrected chi connectivity index (χ1v) is 11.9. The van der Waals surface area contributed by atoms with Gasteiger partial charge in [-0.05, 0) is 43.9 Å². The number of piperidine rings is 1. The fourth-order valence-corrected chi connectivity index (χ4v) is 5.46. The maximum absolute atomic E-state index is 12.7. The molecule has 1 unspecified atom stereocenters. The minimum atomic E-state index is -3.50. The van der Waals surface area contributed by atoms with Crippen LogP contribution in [0, 0.1) is 6.92 Å². The third kappa shape index (κ3) is 4.49. The Morgan fingerprint density at radius 1 is 1.03 bits per heavy atom. The van der Waals surface area contributed by atoms with Gasteiger partial charge in [0.15, 0.2) is 0 Å². The maximum Gasteiger partial charge on any atom is 0.245 e. The van der Waals surface area contributed by atoms with Gasteiger partial charge in [0.05, 0.1) is 0 Å². The summed E-state index contributed by atoms with van der Waals surface area (Å²) in [5.41, 5.74) is 2.31. The molecule has 1 N–H and O–H groups in total. The summed E-state index contributed by atoms with van der Waals surface area (Å²) in [7, 11) is -3.50. The van der Waals surface area contributed by atoms with Crippen LogP contribution in [-0.4, -0.2) is 54.2 Å². The molecule has 0 saturated carbocycles. The number of pyridine rings is 1. The highest BCUT2D eigenvalue weighted by Gasteiger charge is 2.32. The van der Waals surface area contributed by atoms with Gasteiger partial charge in [-0.3, -0.25) is 4.79 Å². The fourth-order valence-electron chi connectivity index (χ4n) is 3.99. The Bertz CT molecular complexity index is 984. The number of nitrogens with zero attached hydrogens (tertiary/aromatic N) is 3. The summed E-state index contributed by atoms with van der Waals surface area (Å²) in [4.78, 5) is 19.1. The van der Waals surface area contributed by atoms with Crippen LogP contribution in [0.25, 0.3) is 0 Å². The smallest absolute Gasteiger partial charge is 0.245 e. The zero-order valence-corrected chi connectivity index (χ0v) is 18.1. The summed E-state index contributed by atoms with van der Waals surface area (Å²) in [6, 6.07) is 11.1. The van der Waals surface area contributed by atoms with Crippen molar-refractivity contribution >= 4 is 21.7 Å². The normalized spacial score (nSPS) is 20.5. The number of carbonyl (C=O) groups excluding carboxylic acids is 1. The Kier molecular flexibility index (Phi) is 6.06. The molecule has 2 aromatic rings. The second-order valence-corrected chi connectivity index (χ2v) is 10.0. The van der Waals surface area contributed by atoms with Gasteiger partial charge < -0.3 is 10.2 Å². The highest BCUT2D eigenvalue weighted by atomic mass is 32.2. The molecule has 2 saturated heterocycles. The van der Waals surface area contributed by atoms with E-state index in [-0.39, 0.29) is 16.8 Å². The molecule has 1 aromatic carbocycles. The molecule has 7 nitrogen and oxygen atoms in total. The number of hydrogen-bond donors (Lipinski definition) is 1. The molecule has 2 fully saturated rings. The lowest BCUT2D eigenvalue weighted by molar-refractivity contribution is -0.128. The molecule has 0 aliphatic carbocycles. The van der Waals surface area contributed by atoms with Gasteiger partial charge >= 0.3 is 0 Å². The molecule has 8 heteroatoms. The van der Waals surface area contributed by atoms with Gasteiger partial charge in [-0.2, -0.15) is 4.31 Å². The molecule has 0 bridgehead atoms. The van der Waals surface area contributed by atoms with Crippen molar-refractivity contribution in [2.24, 2.45) is 0 Å². The van der Waals surface area contributed by atoms with Crippen LogP contribution in [-0.2, 0) is 21.4 Å². The van der Waals surface area contributed by atoms with Crippen LogP contribution in [0.2, 0.25) is 0 Å². The first-order chi connectivity index (χ1) is 14.4. The van der Waals surface area contributed by atoms with Crippen molar-refractivity contribution in [1.29, 1.82) is 0 Å². The molecule has 4 rings (SSSR count). The van der Waals surface area contributed by atoms with Crippen LogP contribution in [0.4, 0.5) is 5.82 Å². The predicted molar refractivity (Wildman–Crippen MR) is 115 cm³/mol. The zero-order chi connectivity index (χ0) is 21.1.